The molecule has 1 aromatic heterocycles. The number of anilines is 1. The average Bonchev–Trinajstić information content (AvgIpc) is 3.51. The minimum Gasteiger partial charge on any atom is -0.366 e. The number of dihydropyridines is 1. The molecular weight excluding hydrogens is 477 g/mol. The third-order valence-electron chi connectivity index (χ3n) is 6.97. The van der Waals surface area contributed by atoms with Gasteiger partial charge in [0, 0.05) is 56.5 Å². The number of halogens is 3. The fraction of sp³-hybridized carbons (Fsp3) is 0.500. The van der Waals surface area contributed by atoms with Gasteiger partial charge in [0.05, 0.1) is 11.5 Å². The summed E-state index contributed by atoms with van der Waals surface area (Å²) < 4.78 is 42.6. The molecular formula is C24H27F3N6OS. The Morgan fingerprint density at radius 3 is 2.77 bits per heavy atom. The number of carbonyl (C=O) groups is 1. The van der Waals surface area contributed by atoms with Crippen LogP contribution in [-0.4, -0.2) is 69.8 Å². The Bertz CT molecular complexity index is 1130. The number of rotatable bonds is 7. The van der Waals surface area contributed by atoms with Crippen LogP contribution in [0.3, 0.4) is 0 Å². The zero-order valence-electron chi connectivity index (χ0n) is 19.4. The van der Waals surface area contributed by atoms with E-state index in [0.717, 1.165) is 49.2 Å². The minimum absolute atomic E-state index is 0.129. The van der Waals surface area contributed by atoms with E-state index in [1.807, 2.05) is 16.5 Å². The number of para-hydroxylation sites is 1. The first kappa shape index (κ1) is 24.1. The number of allylic oxidation sites excluding steroid dienone is 1. The van der Waals surface area contributed by atoms with E-state index in [9.17, 15) is 18.0 Å². The first-order valence-electron chi connectivity index (χ1n) is 11.7. The summed E-state index contributed by atoms with van der Waals surface area (Å²) in [6, 6.07) is 6.06. The predicted molar refractivity (Wildman–Crippen MR) is 129 cm³/mol. The lowest BCUT2D eigenvalue weighted by Crippen LogP contribution is -2.36. The molecule has 35 heavy (non-hydrogen) atoms. The maximum absolute atomic E-state index is 13.5. The van der Waals surface area contributed by atoms with Gasteiger partial charge >= 0.3 is 6.18 Å². The number of hydrogen-bond acceptors (Lipinski definition) is 6. The predicted octanol–water partition coefficient (Wildman–Crippen LogP) is 3.78. The lowest BCUT2D eigenvalue weighted by atomic mass is 10.0. The zero-order chi connectivity index (χ0) is 24.6. The smallest absolute Gasteiger partial charge is 0.366 e. The van der Waals surface area contributed by atoms with Crippen LogP contribution in [-0.2, 0) is 18.0 Å². The van der Waals surface area contributed by atoms with E-state index >= 15 is 0 Å². The highest BCUT2D eigenvalue weighted by atomic mass is 32.2. The molecule has 2 fully saturated rings. The molecule has 1 amide bonds. The van der Waals surface area contributed by atoms with Crippen molar-refractivity contribution in [1.82, 2.24) is 19.7 Å². The summed E-state index contributed by atoms with van der Waals surface area (Å²) in [5.74, 6) is 1.59. The molecule has 1 aromatic carbocycles. The van der Waals surface area contributed by atoms with Gasteiger partial charge < -0.3 is 14.4 Å². The second kappa shape index (κ2) is 9.77. The number of aliphatic imine (C=N–C) groups is 1. The monoisotopic (exact) mass is 504 g/mol. The summed E-state index contributed by atoms with van der Waals surface area (Å²) >= 11 is 1.63. The van der Waals surface area contributed by atoms with Crippen molar-refractivity contribution in [3.63, 3.8) is 0 Å². The van der Waals surface area contributed by atoms with Crippen LogP contribution in [0.4, 0.5) is 18.9 Å². The summed E-state index contributed by atoms with van der Waals surface area (Å²) in [6.07, 6.45) is 2.33. The number of aromatic nitrogens is 3. The lowest BCUT2D eigenvalue weighted by molar-refractivity contribution is -0.137. The van der Waals surface area contributed by atoms with E-state index in [1.165, 1.54) is 18.2 Å². The number of alkyl halides is 3. The fourth-order valence-corrected chi connectivity index (χ4v) is 6.12. The Labute approximate surface area is 206 Å². The van der Waals surface area contributed by atoms with Crippen LogP contribution in [0.5, 0.6) is 0 Å². The maximum Gasteiger partial charge on any atom is 0.418 e. The Morgan fingerprint density at radius 1 is 1.17 bits per heavy atom. The minimum atomic E-state index is -4.35. The zero-order valence-corrected chi connectivity index (χ0v) is 20.2. The van der Waals surface area contributed by atoms with Crippen LogP contribution in [0.2, 0.25) is 0 Å². The Balaban J connectivity index is 1.13. The van der Waals surface area contributed by atoms with Gasteiger partial charge in [-0.25, -0.2) is 4.99 Å². The average molecular weight is 505 g/mol. The van der Waals surface area contributed by atoms with E-state index in [0.29, 0.717) is 18.2 Å². The van der Waals surface area contributed by atoms with Crippen LogP contribution in [0, 0.1) is 5.92 Å². The third kappa shape index (κ3) is 5.02. The first-order valence-corrected chi connectivity index (χ1v) is 12.7. The van der Waals surface area contributed by atoms with Crippen molar-refractivity contribution in [2.24, 2.45) is 18.0 Å². The second-order valence-corrected chi connectivity index (χ2v) is 10.2. The number of carbonyl (C=O) groups excluding carboxylic acids is 1. The number of fused-ring (bicyclic) bond motifs is 1. The van der Waals surface area contributed by atoms with Crippen LogP contribution >= 0.6 is 11.8 Å². The Kier molecular flexibility index (Phi) is 6.71. The van der Waals surface area contributed by atoms with Gasteiger partial charge in [-0.05, 0) is 37.4 Å². The number of thioether (sulfide) groups is 1. The van der Waals surface area contributed by atoms with Crippen LogP contribution in [0.25, 0.3) is 0 Å². The highest BCUT2D eigenvalue weighted by Gasteiger charge is 2.44. The number of benzene rings is 1. The molecule has 0 spiro atoms. The molecule has 0 saturated carbocycles. The maximum atomic E-state index is 13.5. The van der Waals surface area contributed by atoms with E-state index in [4.69, 9.17) is 0 Å². The Morgan fingerprint density at radius 2 is 2.00 bits per heavy atom. The van der Waals surface area contributed by atoms with E-state index in [2.05, 4.69) is 20.1 Å². The molecule has 0 radical (unpaired) electrons. The van der Waals surface area contributed by atoms with Crippen molar-refractivity contribution >= 4 is 29.6 Å². The van der Waals surface area contributed by atoms with Gasteiger partial charge in [0.2, 0.25) is 0 Å². The van der Waals surface area contributed by atoms with Crippen LogP contribution in [0.1, 0.15) is 30.1 Å². The summed E-state index contributed by atoms with van der Waals surface area (Å²) in [6.45, 7) is 3.30. The highest BCUT2D eigenvalue weighted by molar-refractivity contribution is 7.99. The molecule has 186 valence electrons. The van der Waals surface area contributed by atoms with Gasteiger partial charge in [0.1, 0.15) is 5.82 Å². The Hall–Kier alpha value is -2.66. The van der Waals surface area contributed by atoms with Gasteiger partial charge in [0.25, 0.3) is 5.91 Å². The fourth-order valence-electron chi connectivity index (χ4n) is 5.27. The molecule has 0 aliphatic carbocycles. The highest BCUT2D eigenvalue weighted by Crippen LogP contribution is 2.41. The number of amides is 1. The molecule has 11 heteroatoms. The van der Waals surface area contributed by atoms with Crippen molar-refractivity contribution in [3.05, 3.63) is 47.8 Å². The molecule has 3 aliphatic rings. The molecule has 0 bridgehead atoms. The summed E-state index contributed by atoms with van der Waals surface area (Å²) in [4.78, 5) is 19.4. The number of hydrogen-bond donors (Lipinski definition) is 0. The molecule has 2 saturated heterocycles. The lowest BCUT2D eigenvalue weighted by Gasteiger charge is -2.29. The van der Waals surface area contributed by atoms with E-state index in [1.54, 1.807) is 36.2 Å². The molecule has 3 atom stereocenters. The first-order chi connectivity index (χ1) is 16.8. The van der Waals surface area contributed by atoms with Gasteiger partial charge in [-0.1, -0.05) is 30.0 Å². The normalized spacial score (nSPS) is 24.5. The largest absolute Gasteiger partial charge is 0.418 e. The van der Waals surface area contributed by atoms with Gasteiger partial charge in [-0.15, -0.1) is 10.2 Å². The van der Waals surface area contributed by atoms with Crippen LogP contribution in [0.15, 0.2) is 46.6 Å². The topological polar surface area (TPSA) is 66.6 Å². The van der Waals surface area contributed by atoms with Crippen molar-refractivity contribution < 1.29 is 18.0 Å². The van der Waals surface area contributed by atoms with Crippen LogP contribution < -0.4 is 4.90 Å². The summed E-state index contributed by atoms with van der Waals surface area (Å²) in [7, 11) is 1.91. The molecule has 4 heterocycles. The van der Waals surface area contributed by atoms with Crippen molar-refractivity contribution in [1.29, 1.82) is 0 Å². The van der Waals surface area contributed by atoms with Crippen molar-refractivity contribution in [2.45, 2.75) is 36.1 Å². The van der Waals surface area contributed by atoms with Gasteiger partial charge in [0.15, 0.2) is 5.16 Å². The molecule has 3 aliphatic heterocycles. The van der Waals surface area contributed by atoms with Crippen molar-refractivity contribution in [3.8, 4) is 0 Å². The standard InChI is InChI=1S/C24H27F3N6OS/c1-31-22(16-7-8-21(34)28-13-16)29-30-23(31)35-12-4-10-32-14-17-9-11-33(20(17)15-32)19-6-3-2-5-18(19)24(25,26)27/h2-3,5-8,13,16-17,20H,4,9-12,14-15H2,1H3. The molecule has 2 aromatic rings. The van der Waals surface area contributed by atoms with Gasteiger partial charge in [-0.2, -0.15) is 13.2 Å². The molecule has 3 unspecified atom stereocenters. The quantitative estimate of drug-likeness (QED) is 0.423. The SMILES string of the molecule is Cn1c(SCCCN2CC3CCN(c4ccccc4C(F)(F)F)C3C2)nnc1C1C=CC(=O)N=C1. The molecule has 5 rings (SSSR count). The van der Waals surface area contributed by atoms with Gasteiger partial charge in [-0.3, -0.25) is 4.79 Å². The number of likely N-dealkylation sites (tertiary alicyclic amines) is 1. The number of nitrogens with zero attached hydrogens (tertiary/aromatic N) is 6. The second-order valence-electron chi connectivity index (χ2n) is 9.19. The summed E-state index contributed by atoms with van der Waals surface area (Å²) in [5, 5.41) is 9.36. The van der Waals surface area contributed by atoms with E-state index < -0.39 is 11.7 Å². The third-order valence-corrected chi connectivity index (χ3v) is 8.07. The molecule has 7 nitrogen and oxygen atoms in total. The molecule has 0 N–H and O–H groups in total. The van der Waals surface area contributed by atoms with Crippen molar-refractivity contribution in [2.75, 3.05) is 36.8 Å². The van der Waals surface area contributed by atoms with E-state index in [-0.39, 0.29) is 17.9 Å². The summed E-state index contributed by atoms with van der Waals surface area (Å²) in [5.41, 5.74) is -0.231.